The van der Waals surface area contributed by atoms with Crippen molar-refractivity contribution in [1.29, 1.82) is 0 Å². The van der Waals surface area contributed by atoms with Gasteiger partial charge in [0, 0.05) is 5.69 Å². The fraction of sp³-hybridized carbons (Fsp3) is 0.250. The molecule has 2 aromatic carbocycles. The van der Waals surface area contributed by atoms with Crippen molar-refractivity contribution in [3.8, 4) is 5.75 Å². The van der Waals surface area contributed by atoms with Gasteiger partial charge in [-0.3, -0.25) is 4.79 Å². The van der Waals surface area contributed by atoms with E-state index in [0.717, 1.165) is 28.1 Å². The molecule has 0 aliphatic heterocycles. The Balaban J connectivity index is 1.95. The lowest BCUT2D eigenvalue weighted by Crippen LogP contribution is -2.22. The number of carbonyl (C=O) groups is 1. The largest absolute Gasteiger partial charge is 0.487 e. The fourth-order valence-electron chi connectivity index (χ4n) is 2.37. The van der Waals surface area contributed by atoms with Gasteiger partial charge >= 0.3 is 0 Å². The maximum atomic E-state index is 12.2. The minimum absolute atomic E-state index is 0.102. The second-order valence-corrected chi connectivity index (χ2v) is 6.02. The first-order valence-electron chi connectivity index (χ1n) is 7.92. The molecule has 0 atom stereocenters. The Morgan fingerprint density at radius 2 is 1.79 bits per heavy atom. The number of para-hydroxylation sites is 2. The first-order valence-corrected chi connectivity index (χ1v) is 7.92. The molecule has 0 aliphatic carbocycles. The lowest BCUT2D eigenvalue weighted by molar-refractivity contribution is -0.114. The van der Waals surface area contributed by atoms with Gasteiger partial charge in [0.1, 0.15) is 12.4 Å². The van der Waals surface area contributed by atoms with E-state index in [1.54, 1.807) is 0 Å². The molecule has 4 heteroatoms. The Hall–Kier alpha value is -2.75. The number of hydrogen-bond donors (Lipinski definition) is 2. The highest BCUT2D eigenvalue weighted by Gasteiger charge is 2.07. The van der Waals surface area contributed by atoms with Crippen molar-refractivity contribution < 1.29 is 9.53 Å². The van der Waals surface area contributed by atoms with Gasteiger partial charge in [-0.25, -0.2) is 0 Å². The maximum absolute atomic E-state index is 12.2. The summed E-state index contributed by atoms with van der Waals surface area (Å²) >= 11 is 0. The molecule has 4 nitrogen and oxygen atoms in total. The molecule has 0 unspecified atom stereocenters. The number of amides is 1. The van der Waals surface area contributed by atoms with E-state index >= 15 is 0 Å². The Morgan fingerprint density at radius 3 is 2.46 bits per heavy atom. The zero-order valence-corrected chi connectivity index (χ0v) is 14.5. The van der Waals surface area contributed by atoms with Crippen LogP contribution in [-0.2, 0) is 4.79 Å². The van der Waals surface area contributed by atoms with E-state index in [4.69, 9.17) is 4.74 Å². The molecule has 0 saturated carbocycles. The Labute approximate surface area is 143 Å². The Kier molecular flexibility index (Phi) is 6.01. The Bertz CT molecular complexity index is 718. The summed E-state index contributed by atoms with van der Waals surface area (Å²) in [6, 6.07) is 13.5. The first-order chi connectivity index (χ1) is 11.4. The molecular weight excluding hydrogens is 300 g/mol. The van der Waals surface area contributed by atoms with Gasteiger partial charge < -0.3 is 15.4 Å². The molecule has 0 radical (unpaired) electrons. The summed E-state index contributed by atoms with van der Waals surface area (Å²) in [7, 11) is 0. The average molecular weight is 324 g/mol. The SMILES string of the molecule is C=C(C)COc1ccccc1NCC(=O)Nc1cc(C)cc(C)c1. The molecule has 0 aromatic heterocycles. The van der Waals surface area contributed by atoms with Crippen LogP contribution < -0.4 is 15.4 Å². The zero-order valence-electron chi connectivity index (χ0n) is 14.5. The van der Waals surface area contributed by atoms with Crippen LogP contribution in [0.3, 0.4) is 0 Å². The summed E-state index contributed by atoms with van der Waals surface area (Å²) in [5.74, 6) is 0.606. The third kappa shape index (κ3) is 5.47. The van der Waals surface area contributed by atoms with Crippen LogP contribution >= 0.6 is 0 Å². The van der Waals surface area contributed by atoms with Crippen LogP contribution in [0.2, 0.25) is 0 Å². The summed E-state index contributed by atoms with van der Waals surface area (Å²) in [5.41, 5.74) is 4.78. The molecule has 2 rings (SSSR count). The van der Waals surface area contributed by atoms with Crippen LogP contribution in [0.15, 0.2) is 54.6 Å². The van der Waals surface area contributed by atoms with Crippen LogP contribution in [0.1, 0.15) is 18.1 Å². The third-order valence-electron chi connectivity index (χ3n) is 3.31. The summed E-state index contributed by atoms with van der Waals surface area (Å²) in [6.07, 6.45) is 0. The molecule has 0 saturated heterocycles. The molecule has 2 N–H and O–H groups in total. The van der Waals surface area contributed by atoms with Gasteiger partial charge in [0.25, 0.3) is 0 Å². The van der Waals surface area contributed by atoms with E-state index in [2.05, 4.69) is 23.3 Å². The molecule has 0 heterocycles. The number of ether oxygens (including phenoxy) is 1. The number of anilines is 2. The smallest absolute Gasteiger partial charge is 0.243 e. The average Bonchev–Trinajstić information content (AvgIpc) is 2.50. The molecule has 0 spiro atoms. The number of benzene rings is 2. The molecule has 2 aromatic rings. The van der Waals surface area contributed by atoms with Crippen molar-refractivity contribution in [3.63, 3.8) is 0 Å². The van der Waals surface area contributed by atoms with Gasteiger partial charge in [-0.15, -0.1) is 0 Å². The van der Waals surface area contributed by atoms with Crippen molar-refractivity contribution in [2.45, 2.75) is 20.8 Å². The zero-order chi connectivity index (χ0) is 17.5. The minimum atomic E-state index is -0.102. The van der Waals surface area contributed by atoms with Crippen LogP contribution in [0, 0.1) is 13.8 Å². The van der Waals surface area contributed by atoms with Gasteiger partial charge in [0.2, 0.25) is 5.91 Å². The predicted octanol–water partition coefficient (Wildman–Crippen LogP) is 4.31. The number of aryl methyl sites for hydroxylation is 2. The normalized spacial score (nSPS) is 10.1. The second kappa shape index (κ2) is 8.20. The number of carbonyl (C=O) groups excluding carboxylic acids is 1. The topological polar surface area (TPSA) is 50.4 Å². The van der Waals surface area contributed by atoms with E-state index < -0.39 is 0 Å². The van der Waals surface area contributed by atoms with Crippen molar-refractivity contribution >= 4 is 17.3 Å². The highest BCUT2D eigenvalue weighted by atomic mass is 16.5. The van der Waals surface area contributed by atoms with Crippen LogP contribution in [0.4, 0.5) is 11.4 Å². The molecule has 24 heavy (non-hydrogen) atoms. The van der Waals surface area contributed by atoms with Crippen molar-refractivity contribution in [2.24, 2.45) is 0 Å². The van der Waals surface area contributed by atoms with Crippen molar-refractivity contribution in [3.05, 3.63) is 65.7 Å². The van der Waals surface area contributed by atoms with E-state index in [-0.39, 0.29) is 12.5 Å². The monoisotopic (exact) mass is 324 g/mol. The van der Waals surface area contributed by atoms with E-state index in [1.807, 2.05) is 57.2 Å². The molecule has 126 valence electrons. The van der Waals surface area contributed by atoms with Crippen LogP contribution in [0.5, 0.6) is 5.75 Å². The van der Waals surface area contributed by atoms with E-state index in [1.165, 1.54) is 0 Å². The summed E-state index contributed by atoms with van der Waals surface area (Å²) < 4.78 is 5.69. The van der Waals surface area contributed by atoms with Gasteiger partial charge in [-0.05, 0) is 61.7 Å². The van der Waals surface area contributed by atoms with E-state index in [0.29, 0.717) is 12.4 Å². The highest BCUT2D eigenvalue weighted by molar-refractivity contribution is 5.94. The first kappa shape index (κ1) is 17.6. The predicted molar refractivity (Wildman–Crippen MR) is 99.8 cm³/mol. The fourth-order valence-corrected chi connectivity index (χ4v) is 2.37. The highest BCUT2D eigenvalue weighted by Crippen LogP contribution is 2.24. The maximum Gasteiger partial charge on any atom is 0.243 e. The summed E-state index contributed by atoms with van der Waals surface area (Å²) in [6.45, 7) is 10.4. The van der Waals surface area contributed by atoms with Crippen LogP contribution in [-0.4, -0.2) is 19.1 Å². The lowest BCUT2D eigenvalue weighted by atomic mass is 10.1. The third-order valence-corrected chi connectivity index (χ3v) is 3.31. The number of rotatable bonds is 7. The molecule has 0 aliphatic rings. The quantitative estimate of drug-likeness (QED) is 0.746. The summed E-state index contributed by atoms with van der Waals surface area (Å²) in [4.78, 5) is 12.2. The van der Waals surface area contributed by atoms with Crippen molar-refractivity contribution in [2.75, 3.05) is 23.8 Å². The van der Waals surface area contributed by atoms with Gasteiger partial charge in [-0.1, -0.05) is 24.8 Å². The van der Waals surface area contributed by atoms with Gasteiger partial charge in [0.05, 0.1) is 12.2 Å². The standard InChI is InChI=1S/C20H24N2O2/c1-14(2)13-24-19-8-6-5-7-18(19)21-12-20(23)22-17-10-15(3)9-16(4)11-17/h5-11,21H,1,12-13H2,2-4H3,(H,22,23). The molecular formula is C20H24N2O2. The van der Waals surface area contributed by atoms with E-state index in [9.17, 15) is 4.79 Å². The van der Waals surface area contributed by atoms with Crippen LogP contribution in [0.25, 0.3) is 0 Å². The molecule has 1 amide bonds. The van der Waals surface area contributed by atoms with Gasteiger partial charge in [-0.2, -0.15) is 0 Å². The second-order valence-electron chi connectivity index (χ2n) is 6.02. The minimum Gasteiger partial charge on any atom is -0.487 e. The lowest BCUT2D eigenvalue weighted by Gasteiger charge is -2.13. The van der Waals surface area contributed by atoms with Gasteiger partial charge in [0.15, 0.2) is 0 Å². The van der Waals surface area contributed by atoms with Crippen molar-refractivity contribution in [1.82, 2.24) is 0 Å². The number of nitrogens with one attached hydrogen (secondary N) is 2. The summed E-state index contributed by atoms with van der Waals surface area (Å²) in [5, 5.41) is 6.03. The number of hydrogen-bond acceptors (Lipinski definition) is 3. The Morgan fingerprint density at radius 1 is 1.12 bits per heavy atom. The molecule has 0 bridgehead atoms. The molecule has 0 fully saturated rings.